The molecule has 150 valence electrons. The second-order valence-electron chi connectivity index (χ2n) is 6.29. The molecule has 2 aromatic rings. The van der Waals surface area contributed by atoms with Crippen molar-refractivity contribution in [1.82, 2.24) is 0 Å². The van der Waals surface area contributed by atoms with Crippen molar-refractivity contribution in [3.05, 3.63) is 60.2 Å². The number of imide groups is 1. The molecule has 1 saturated heterocycles. The molecule has 2 N–H and O–H groups in total. The van der Waals surface area contributed by atoms with E-state index in [0.29, 0.717) is 23.8 Å². The summed E-state index contributed by atoms with van der Waals surface area (Å²) in [6, 6.07) is 16.4. The van der Waals surface area contributed by atoms with Crippen LogP contribution in [0.25, 0.3) is 0 Å². The van der Waals surface area contributed by atoms with Gasteiger partial charge < -0.3 is 10.5 Å². The van der Waals surface area contributed by atoms with Crippen LogP contribution in [-0.2, 0) is 9.59 Å². The number of hydrogen-bond donors (Lipinski definition) is 1. The molecule has 2 amide bonds. The lowest BCUT2D eigenvalue weighted by molar-refractivity contribution is -0.121. The van der Waals surface area contributed by atoms with Crippen molar-refractivity contribution >= 4 is 40.1 Å². The number of nitrogens with two attached hydrogens (primary N) is 1. The van der Waals surface area contributed by atoms with Gasteiger partial charge in [0.2, 0.25) is 11.8 Å². The van der Waals surface area contributed by atoms with Gasteiger partial charge in [0.05, 0.1) is 18.0 Å². The number of amidine groups is 1. The standard InChI is InChI=1S/C21H22N4O3S/c1-3-28-17-11-9-16(10-12-17)25-19(26)13-18(20(25)27)29-21(22)24-23-14(2)15-7-5-4-6-8-15/h4-12,18H,3,13H2,1-2H3,(H2,22,24)/t18-/m0/s1. The molecule has 0 saturated carbocycles. The summed E-state index contributed by atoms with van der Waals surface area (Å²) >= 11 is 1.05. The Hall–Kier alpha value is -3.13. The van der Waals surface area contributed by atoms with Crippen LogP contribution in [0.15, 0.2) is 64.8 Å². The number of rotatable bonds is 6. The summed E-state index contributed by atoms with van der Waals surface area (Å²) in [7, 11) is 0. The molecule has 1 heterocycles. The molecule has 0 unspecified atom stereocenters. The number of hydrogen-bond acceptors (Lipinski definition) is 6. The largest absolute Gasteiger partial charge is 0.494 e. The third-order valence-electron chi connectivity index (χ3n) is 4.26. The fraction of sp³-hybridized carbons (Fsp3) is 0.238. The molecule has 7 nitrogen and oxygen atoms in total. The van der Waals surface area contributed by atoms with Gasteiger partial charge in [-0.2, -0.15) is 5.10 Å². The molecule has 0 bridgehead atoms. The van der Waals surface area contributed by atoms with Crippen LogP contribution in [0, 0.1) is 0 Å². The van der Waals surface area contributed by atoms with Gasteiger partial charge in [0.25, 0.3) is 0 Å². The van der Waals surface area contributed by atoms with Crippen LogP contribution >= 0.6 is 11.8 Å². The molecule has 2 aromatic carbocycles. The van der Waals surface area contributed by atoms with E-state index in [1.165, 1.54) is 4.90 Å². The normalized spacial score (nSPS) is 17.7. The van der Waals surface area contributed by atoms with E-state index in [4.69, 9.17) is 10.5 Å². The smallest absolute Gasteiger partial charge is 0.247 e. The van der Waals surface area contributed by atoms with E-state index >= 15 is 0 Å². The van der Waals surface area contributed by atoms with E-state index in [0.717, 1.165) is 17.3 Å². The van der Waals surface area contributed by atoms with E-state index in [9.17, 15) is 9.59 Å². The summed E-state index contributed by atoms with van der Waals surface area (Å²) in [5.41, 5.74) is 8.09. The van der Waals surface area contributed by atoms with Gasteiger partial charge in [0.1, 0.15) is 11.0 Å². The maximum absolute atomic E-state index is 12.7. The first-order valence-electron chi connectivity index (χ1n) is 9.19. The Morgan fingerprint density at radius 2 is 1.83 bits per heavy atom. The molecule has 0 aromatic heterocycles. The number of carbonyl (C=O) groups is 2. The summed E-state index contributed by atoms with van der Waals surface area (Å²) in [4.78, 5) is 26.3. The minimum Gasteiger partial charge on any atom is -0.494 e. The molecular formula is C21H22N4O3S. The predicted octanol–water partition coefficient (Wildman–Crippen LogP) is 3.19. The highest BCUT2D eigenvalue weighted by atomic mass is 32.2. The van der Waals surface area contributed by atoms with E-state index in [-0.39, 0.29) is 23.4 Å². The zero-order chi connectivity index (χ0) is 20.8. The molecule has 1 atom stereocenters. The van der Waals surface area contributed by atoms with Crippen molar-refractivity contribution in [2.45, 2.75) is 25.5 Å². The van der Waals surface area contributed by atoms with Crippen LogP contribution in [0.2, 0.25) is 0 Å². The first kappa shape index (κ1) is 20.6. The zero-order valence-electron chi connectivity index (χ0n) is 16.2. The maximum atomic E-state index is 12.7. The summed E-state index contributed by atoms with van der Waals surface area (Å²) in [5, 5.41) is 7.64. The number of anilines is 1. The Labute approximate surface area is 173 Å². The summed E-state index contributed by atoms with van der Waals surface area (Å²) in [5.74, 6) is 0.101. The fourth-order valence-electron chi connectivity index (χ4n) is 2.86. The number of nitrogens with zero attached hydrogens (tertiary/aromatic N) is 3. The molecule has 29 heavy (non-hydrogen) atoms. The second kappa shape index (κ2) is 9.38. The summed E-state index contributed by atoms with van der Waals surface area (Å²) in [6.07, 6.45) is 0.0638. The highest BCUT2D eigenvalue weighted by Crippen LogP contribution is 2.30. The summed E-state index contributed by atoms with van der Waals surface area (Å²) < 4.78 is 5.39. The third-order valence-corrected chi connectivity index (χ3v) is 5.24. The number of thioether (sulfide) groups is 1. The molecule has 8 heteroatoms. The van der Waals surface area contributed by atoms with Crippen LogP contribution in [0.1, 0.15) is 25.8 Å². The number of ether oxygens (including phenoxy) is 1. The third kappa shape index (κ3) is 5.03. The number of carbonyl (C=O) groups excluding carboxylic acids is 2. The Kier molecular flexibility index (Phi) is 6.66. The molecule has 0 radical (unpaired) electrons. The van der Waals surface area contributed by atoms with Gasteiger partial charge in [-0.05, 0) is 43.7 Å². The zero-order valence-corrected chi connectivity index (χ0v) is 17.1. The van der Waals surface area contributed by atoms with Crippen molar-refractivity contribution in [2.75, 3.05) is 11.5 Å². The SMILES string of the molecule is CCOc1ccc(N2C(=O)C[C@H](SC(N)=NN=C(C)c3ccccc3)C2=O)cc1. The monoisotopic (exact) mass is 410 g/mol. The molecule has 1 aliphatic rings. The average Bonchev–Trinajstić information content (AvgIpc) is 3.00. The van der Waals surface area contributed by atoms with Gasteiger partial charge in [-0.3, -0.25) is 9.59 Å². The van der Waals surface area contributed by atoms with Crippen molar-refractivity contribution in [2.24, 2.45) is 15.9 Å². The van der Waals surface area contributed by atoms with Crippen LogP contribution in [0.5, 0.6) is 5.75 Å². The minimum absolute atomic E-state index is 0.0638. The van der Waals surface area contributed by atoms with E-state index in [2.05, 4.69) is 10.2 Å². The van der Waals surface area contributed by atoms with Gasteiger partial charge in [0.15, 0.2) is 5.17 Å². The van der Waals surface area contributed by atoms with Gasteiger partial charge in [-0.25, -0.2) is 4.90 Å². The molecule has 0 spiro atoms. The molecular weight excluding hydrogens is 388 g/mol. The summed E-state index contributed by atoms with van der Waals surface area (Å²) in [6.45, 7) is 4.26. The van der Waals surface area contributed by atoms with Crippen molar-refractivity contribution in [3.63, 3.8) is 0 Å². The fourth-order valence-corrected chi connectivity index (χ4v) is 3.67. The molecule has 1 aliphatic heterocycles. The quantitative estimate of drug-likeness (QED) is 0.341. The van der Waals surface area contributed by atoms with Gasteiger partial charge >= 0.3 is 0 Å². The van der Waals surface area contributed by atoms with Gasteiger partial charge in [0, 0.05) is 6.42 Å². The van der Waals surface area contributed by atoms with Crippen LogP contribution in [0.3, 0.4) is 0 Å². The number of benzene rings is 2. The maximum Gasteiger partial charge on any atom is 0.247 e. The minimum atomic E-state index is -0.620. The lowest BCUT2D eigenvalue weighted by atomic mass is 10.1. The lowest BCUT2D eigenvalue weighted by Crippen LogP contribution is -2.31. The first-order valence-corrected chi connectivity index (χ1v) is 10.1. The van der Waals surface area contributed by atoms with Crippen LogP contribution in [-0.4, -0.2) is 34.6 Å². The molecule has 0 aliphatic carbocycles. The van der Waals surface area contributed by atoms with Gasteiger partial charge in [-0.1, -0.05) is 42.1 Å². The molecule has 3 rings (SSSR count). The van der Waals surface area contributed by atoms with Crippen molar-refractivity contribution in [3.8, 4) is 5.75 Å². The van der Waals surface area contributed by atoms with Crippen molar-refractivity contribution in [1.29, 1.82) is 0 Å². The van der Waals surface area contributed by atoms with Gasteiger partial charge in [-0.15, -0.1) is 5.10 Å². The topological polar surface area (TPSA) is 97.3 Å². The second-order valence-corrected chi connectivity index (χ2v) is 7.52. The van der Waals surface area contributed by atoms with Crippen LogP contribution in [0.4, 0.5) is 5.69 Å². The van der Waals surface area contributed by atoms with E-state index in [1.807, 2.05) is 44.2 Å². The Balaban J connectivity index is 1.67. The van der Waals surface area contributed by atoms with E-state index < -0.39 is 5.25 Å². The lowest BCUT2D eigenvalue weighted by Gasteiger charge is -2.15. The van der Waals surface area contributed by atoms with Crippen LogP contribution < -0.4 is 15.4 Å². The molecule has 1 fully saturated rings. The van der Waals surface area contributed by atoms with Crippen molar-refractivity contribution < 1.29 is 14.3 Å². The average molecular weight is 410 g/mol. The highest BCUT2D eigenvalue weighted by Gasteiger charge is 2.40. The number of amides is 2. The Morgan fingerprint density at radius 1 is 1.14 bits per heavy atom. The first-order chi connectivity index (χ1) is 14.0. The Bertz CT molecular complexity index is 942. The Morgan fingerprint density at radius 3 is 2.48 bits per heavy atom. The van der Waals surface area contributed by atoms with E-state index in [1.54, 1.807) is 24.3 Å². The highest BCUT2D eigenvalue weighted by molar-refractivity contribution is 8.14. The predicted molar refractivity (Wildman–Crippen MR) is 116 cm³/mol.